The monoisotopic (exact) mass is 360 g/mol. The van der Waals surface area contributed by atoms with E-state index >= 15 is 0 Å². The number of sulfone groups is 1. The second-order valence-electron chi connectivity index (χ2n) is 6.79. The van der Waals surface area contributed by atoms with Crippen molar-refractivity contribution in [1.29, 1.82) is 0 Å². The second kappa shape index (κ2) is 5.82. The van der Waals surface area contributed by atoms with Crippen molar-refractivity contribution in [3.63, 3.8) is 0 Å². The van der Waals surface area contributed by atoms with E-state index < -0.39 is 15.4 Å². The summed E-state index contributed by atoms with van der Waals surface area (Å²) in [5.41, 5.74) is 7.84. The molecule has 8 heteroatoms. The van der Waals surface area contributed by atoms with Crippen molar-refractivity contribution in [2.45, 2.75) is 26.0 Å². The van der Waals surface area contributed by atoms with Crippen LogP contribution in [0.25, 0.3) is 28.0 Å². The maximum atomic E-state index is 11.3. The fourth-order valence-corrected chi connectivity index (χ4v) is 3.12. The zero-order chi connectivity index (χ0) is 18.4. The van der Waals surface area contributed by atoms with Crippen molar-refractivity contribution >= 4 is 43.7 Å². The number of hydrogen-bond donors (Lipinski definition) is 2. The zero-order valence-electron chi connectivity index (χ0n) is 14.3. The summed E-state index contributed by atoms with van der Waals surface area (Å²) in [6.45, 7) is 3.80. The minimum atomic E-state index is -3.20. The summed E-state index contributed by atoms with van der Waals surface area (Å²) in [7, 11) is -3.20. The van der Waals surface area contributed by atoms with Crippen LogP contribution in [0.4, 0.5) is 5.82 Å². The van der Waals surface area contributed by atoms with Crippen LogP contribution < -0.4 is 5.73 Å². The predicted octanol–water partition coefficient (Wildman–Crippen LogP) is 1.95. The number of pyridine rings is 1. The highest BCUT2D eigenvalue weighted by Crippen LogP contribution is 2.29. The molecule has 0 aliphatic rings. The SMILES string of the molecule is CC(C)(O)Cn1cnc2c(N)nc3cc(/C=C/S(C)(=O)=O)ccc3c21. The molecule has 0 atom stereocenters. The molecular weight excluding hydrogens is 340 g/mol. The van der Waals surface area contributed by atoms with Crippen molar-refractivity contribution in [1.82, 2.24) is 14.5 Å². The molecule has 0 fully saturated rings. The predicted molar refractivity (Wildman–Crippen MR) is 99.6 cm³/mol. The Morgan fingerprint density at radius 2 is 2.08 bits per heavy atom. The lowest BCUT2D eigenvalue weighted by Gasteiger charge is -2.18. The highest BCUT2D eigenvalue weighted by atomic mass is 32.2. The Kier molecular flexibility index (Phi) is 4.04. The van der Waals surface area contributed by atoms with E-state index in [4.69, 9.17) is 5.73 Å². The number of imidazole rings is 1. The number of aliphatic hydroxyl groups is 1. The molecule has 132 valence electrons. The molecule has 7 nitrogen and oxygen atoms in total. The number of rotatable bonds is 4. The van der Waals surface area contributed by atoms with E-state index in [1.165, 1.54) is 6.08 Å². The molecule has 3 aromatic rings. The summed E-state index contributed by atoms with van der Waals surface area (Å²) in [5, 5.41) is 12.1. The molecule has 0 unspecified atom stereocenters. The topological polar surface area (TPSA) is 111 Å². The van der Waals surface area contributed by atoms with Gasteiger partial charge in [0.1, 0.15) is 5.52 Å². The van der Waals surface area contributed by atoms with E-state index in [0.29, 0.717) is 29.0 Å². The van der Waals surface area contributed by atoms with Crippen LogP contribution >= 0.6 is 0 Å². The van der Waals surface area contributed by atoms with Crippen molar-refractivity contribution in [3.05, 3.63) is 35.5 Å². The van der Waals surface area contributed by atoms with Gasteiger partial charge < -0.3 is 15.4 Å². The lowest BCUT2D eigenvalue weighted by Crippen LogP contribution is -2.25. The first-order valence-corrected chi connectivity index (χ1v) is 9.63. The van der Waals surface area contributed by atoms with E-state index in [0.717, 1.165) is 22.6 Å². The minimum Gasteiger partial charge on any atom is -0.389 e. The zero-order valence-corrected chi connectivity index (χ0v) is 15.1. The van der Waals surface area contributed by atoms with E-state index in [2.05, 4.69) is 9.97 Å². The van der Waals surface area contributed by atoms with Gasteiger partial charge in [-0.1, -0.05) is 12.1 Å². The largest absolute Gasteiger partial charge is 0.389 e. The van der Waals surface area contributed by atoms with E-state index in [9.17, 15) is 13.5 Å². The Bertz CT molecular complexity index is 1090. The molecule has 3 rings (SSSR count). The normalized spacial score (nSPS) is 13.3. The first-order chi connectivity index (χ1) is 11.5. The summed E-state index contributed by atoms with van der Waals surface area (Å²) in [6, 6.07) is 5.44. The quantitative estimate of drug-likeness (QED) is 0.736. The molecule has 0 saturated heterocycles. The van der Waals surface area contributed by atoms with Crippen molar-refractivity contribution < 1.29 is 13.5 Å². The van der Waals surface area contributed by atoms with E-state index in [1.807, 2.05) is 16.7 Å². The minimum absolute atomic E-state index is 0.293. The van der Waals surface area contributed by atoms with Crippen molar-refractivity contribution in [2.75, 3.05) is 12.0 Å². The van der Waals surface area contributed by atoms with Gasteiger partial charge in [-0.3, -0.25) is 0 Å². The lowest BCUT2D eigenvalue weighted by atomic mass is 10.1. The molecule has 2 aromatic heterocycles. The molecule has 0 saturated carbocycles. The van der Waals surface area contributed by atoms with Crippen LogP contribution in [0.15, 0.2) is 29.9 Å². The molecule has 0 aliphatic carbocycles. The average Bonchev–Trinajstić information content (AvgIpc) is 2.87. The van der Waals surface area contributed by atoms with Crippen LogP contribution in [0.5, 0.6) is 0 Å². The van der Waals surface area contributed by atoms with Crippen LogP contribution in [0, 0.1) is 0 Å². The van der Waals surface area contributed by atoms with Gasteiger partial charge in [0.15, 0.2) is 15.7 Å². The molecule has 2 heterocycles. The fraction of sp³-hybridized carbons (Fsp3) is 0.294. The maximum absolute atomic E-state index is 11.3. The molecular formula is C17H20N4O3S. The van der Waals surface area contributed by atoms with Gasteiger partial charge in [0.2, 0.25) is 0 Å². The molecule has 0 spiro atoms. The van der Waals surface area contributed by atoms with Crippen LogP contribution in [0.2, 0.25) is 0 Å². The number of nitrogen functional groups attached to an aromatic ring is 1. The molecule has 0 amide bonds. The maximum Gasteiger partial charge on any atom is 0.168 e. The Labute approximate surface area is 145 Å². The van der Waals surface area contributed by atoms with Gasteiger partial charge in [-0.15, -0.1) is 0 Å². The number of fused-ring (bicyclic) bond motifs is 3. The van der Waals surface area contributed by atoms with Gasteiger partial charge in [-0.2, -0.15) is 0 Å². The summed E-state index contributed by atoms with van der Waals surface area (Å²) in [6.07, 6.45) is 4.29. The van der Waals surface area contributed by atoms with Gasteiger partial charge in [-0.25, -0.2) is 18.4 Å². The van der Waals surface area contributed by atoms with Gasteiger partial charge in [0.25, 0.3) is 0 Å². The van der Waals surface area contributed by atoms with Crippen LogP contribution in [0.1, 0.15) is 19.4 Å². The third-order valence-corrected chi connectivity index (χ3v) is 4.29. The third-order valence-electron chi connectivity index (χ3n) is 3.66. The van der Waals surface area contributed by atoms with Gasteiger partial charge >= 0.3 is 0 Å². The Hall–Kier alpha value is -2.45. The first kappa shape index (κ1) is 17.4. The molecule has 0 bridgehead atoms. The molecule has 25 heavy (non-hydrogen) atoms. The summed E-state index contributed by atoms with van der Waals surface area (Å²) < 4.78 is 24.4. The molecule has 0 aliphatic heterocycles. The Balaban J connectivity index is 2.21. The Morgan fingerprint density at radius 3 is 2.72 bits per heavy atom. The molecule has 0 radical (unpaired) electrons. The smallest absolute Gasteiger partial charge is 0.168 e. The van der Waals surface area contributed by atoms with Crippen LogP contribution in [0.3, 0.4) is 0 Å². The van der Waals surface area contributed by atoms with Gasteiger partial charge in [0, 0.05) is 17.1 Å². The lowest BCUT2D eigenvalue weighted by molar-refractivity contribution is 0.0627. The average molecular weight is 360 g/mol. The Morgan fingerprint density at radius 1 is 1.36 bits per heavy atom. The number of nitrogens with two attached hydrogens (primary N) is 1. The van der Waals surface area contributed by atoms with Crippen LogP contribution in [-0.4, -0.2) is 39.9 Å². The third kappa shape index (κ3) is 3.80. The number of anilines is 1. The summed E-state index contributed by atoms with van der Waals surface area (Å²) in [5.74, 6) is 0.293. The fourth-order valence-electron chi connectivity index (χ4n) is 2.72. The highest BCUT2D eigenvalue weighted by molar-refractivity contribution is 7.93. The van der Waals surface area contributed by atoms with Gasteiger partial charge in [-0.05, 0) is 31.6 Å². The first-order valence-electron chi connectivity index (χ1n) is 7.68. The standard InChI is InChI=1S/C17H20N4O3S/c1-17(2,22)9-21-10-19-14-15(21)12-5-4-11(6-7-25(3,23)24)8-13(12)20-16(14)18/h4-8,10,22H,9H2,1-3H3,(H2,18,20)/b7-6+. The number of benzene rings is 1. The van der Waals surface area contributed by atoms with Crippen molar-refractivity contribution in [3.8, 4) is 0 Å². The van der Waals surface area contributed by atoms with Crippen molar-refractivity contribution in [2.24, 2.45) is 0 Å². The molecule has 1 aromatic carbocycles. The summed E-state index contributed by atoms with van der Waals surface area (Å²) in [4.78, 5) is 8.69. The number of nitrogens with zero attached hydrogens (tertiary/aromatic N) is 3. The van der Waals surface area contributed by atoms with Gasteiger partial charge in [0.05, 0.1) is 29.5 Å². The summed E-state index contributed by atoms with van der Waals surface area (Å²) >= 11 is 0. The van der Waals surface area contributed by atoms with E-state index in [-0.39, 0.29) is 0 Å². The molecule has 3 N–H and O–H groups in total. The highest BCUT2D eigenvalue weighted by Gasteiger charge is 2.18. The number of hydrogen-bond acceptors (Lipinski definition) is 6. The second-order valence-corrected chi connectivity index (χ2v) is 8.72. The van der Waals surface area contributed by atoms with Crippen LogP contribution in [-0.2, 0) is 16.4 Å². The van der Waals surface area contributed by atoms with E-state index in [1.54, 1.807) is 26.2 Å². The number of aromatic nitrogens is 3.